The quantitative estimate of drug-likeness (QED) is 0.877. The highest BCUT2D eigenvalue weighted by molar-refractivity contribution is 5.41. The molecule has 1 aromatic heterocycles. The third-order valence-electron chi connectivity index (χ3n) is 3.49. The van der Waals surface area contributed by atoms with Gasteiger partial charge in [-0.1, -0.05) is 6.07 Å². The largest absolute Gasteiger partial charge is 0.357 e. The van der Waals surface area contributed by atoms with Gasteiger partial charge in [-0.05, 0) is 50.9 Å². The van der Waals surface area contributed by atoms with Crippen molar-refractivity contribution in [1.29, 1.82) is 5.26 Å². The summed E-state index contributed by atoms with van der Waals surface area (Å²) in [5.41, 5.74) is 0.497. The summed E-state index contributed by atoms with van der Waals surface area (Å²) >= 11 is 0. The van der Waals surface area contributed by atoms with E-state index in [2.05, 4.69) is 28.2 Å². The van der Waals surface area contributed by atoms with Gasteiger partial charge < -0.3 is 10.2 Å². The number of aromatic nitrogens is 1. The first-order valence-electron chi connectivity index (χ1n) is 6.66. The standard InChI is InChI=1S/C14H20N4/c1-2-18(11-12-6-8-16-9-7-12)14-5-3-4-13(10-15)17-14/h3-5,12,16H,2,6-9,11H2,1H3. The molecule has 0 bridgehead atoms. The molecule has 1 N–H and O–H groups in total. The first-order chi connectivity index (χ1) is 8.83. The molecular formula is C14H20N4. The zero-order chi connectivity index (χ0) is 12.8. The Morgan fingerprint density at radius 1 is 1.44 bits per heavy atom. The van der Waals surface area contributed by atoms with Crippen molar-refractivity contribution in [3.63, 3.8) is 0 Å². The third kappa shape index (κ3) is 3.21. The van der Waals surface area contributed by atoms with Crippen LogP contribution in [0.25, 0.3) is 0 Å². The summed E-state index contributed by atoms with van der Waals surface area (Å²) in [6, 6.07) is 7.75. The number of piperidine rings is 1. The normalized spacial score (nSPS) is 16.2. The van der Waals surface area contributed by atoms with Crippen LogP contribution in [-0.2, 0) is 0 Å². The zero-order valence-corrected chi connectivity index (χ0v) is 10.9. The zero-order valence-electron chi connectivity index (χ0n) is 10.9. The molecule has 4 heteroatoms. The molecule has 18 heavy (non-hydrogen) atoms. The number of rotatable bonds is 4. The minimum atomic E-state index is 0.497. The molecule has 0 atom stereocenters. The van der Waals surface area contributed by atoms with Crippen LogP contribution in [0.3, 0.4) is 0 Å². The van der Waals surface area contributed by atoms with E-state index >= 15 is 0 Å². The number of hydrogen-bond donors (Lipinski definition) is 1. The molecule has 0 saturated carbocycles. The van der Waals surface area contributed by atoms with Crippen LogP contribution in [0.5, 0.6) is 0 Å². The van der Waals surface area contributed by atoms with Gasteiger partial charge in [0.1, 0.15) is 17.6 Å². The number of anilines is 1. The van der Waals surface area contributed by atoms with E-state index in [0.29, 0.717) is 5.69 Å². The number of pyridine rings is 1. The summed E-state index contributed by atoms with van der Waals surface area (Å²) in [6.07, 6.45) is 2.46. The lowest BCUT2D eigenvalue weighted by Gasteiger charge is -2.30. The van der Waals surface area contributed by atoms with Gasteiger partial charge in [0.2, 0.25) is 0 Å². The van der Waals surface area contributed by atoms with Crippen LogP contribution in [0.4, 0.5) is 5.82 Å². The van der Waals surface area contributed by atoms with Crippen LogP contribution in [0.15, 0.2) is 18.2 Å². The Kier molecular flexibility index (Phi) is 4.54. The second-order valence-corrected chi connectivity index (χ2v) is 4.72. The summed E-state index contributed by atoms with van der Waals surface area (Å²) in [5.74, 6) is 1.66. The minimum absolute atomic E-state index is 0.497. The summed E-state index contributed by atoms with van der Waals surface area (Å²) in [4.78, 5) is 6.65. The fraction of sp³-hybridized carbons (Fsp3) is 0.571. The van der Waals surface area contributed by atoms with E-state index in [4.69, 9.17) is 5.26 Å². The van der Waals surface area contributed by atoms with Crippen molar-refractivity contribution in [2.24, 2.45) is 5.92 Å². The predicted octanol–water partition coefficient (Wildman–Crippen LogP) is 1.78. The molecule has 1 fully saturated rings. The highest BCUT2D eigenvalue weighted by atomic mass is 15.2. The molecule has 0 amide bonds. The minimum Gasteiger partial charge on any atom is -0.357 e. The number of hydrogen-bond acceptors (Lipinski definition) is 4. The SMILES string of the molecule is CCN(CC1CCNCC1)c1cccc(C#N)n1. The molecule has 1 aliphatic rings. The van der Waals surface area contributed by atoms with Gasteiger partial charge >= 0.3 is 0 Å². The van der Waals surface area contributed by atoms with Crippen LogP contribution >= 0.6 is 0 Å². The molecule has 2 rings (SSSR count). The molecule has 1 aromatic rings. The fourth-order valence-corrected chi connectivity index (χ4v) is 2.42. The highest BCUT2D eigenvalue weighted by Crippen LogP contribution is 2.18. The van der Waals surface area contributed by atoms with E-state index in [9.17, 15) is 0 Å². The maximum Gasteiger partial charge on any atom is 0.142 e. The second kappa shape index (κ2) is 6.36. The van der Waals surface area contributed by atoms with Gasteiger partial charge in [-0.25, -0.2) is 4.98 Å². The van der Waals surface area contributed by atoms with Crippen LogP contribution < -0.4 is 10.2 Å². The predicted molar refractivity (Wildman–Crippen MR) is 72.4 cm³/mol. The number of nitrogens with zero attached hydrogens (tertiary/aromatic N) is 3. The maximum absolute atomic E-state index is 8.90. The Balaban J connectivity index is 2.05. The summed E-state index contributed by atoms with van der Waals surface area (Å²) in [7, 11) is 0. The Morgan fingerprint density at radius 3 is 2.89 bits per heavy atom. The van der Waals surface area contributed by atoms with Crippen LogP contribution in [0, 0.1) is 17.2 Å². The molecular weight excluding hydrogens is 224 g/mol. The van der Waals surface area contributed by atoms with Gasteiger partial charge in [-0.2, -0.15) is 5.26 Å². The molecule has 1 aliphatic heterocycles. The lowest BCUT2D eigenvalue weighted by Crippen LogP contribution is -2.36. The molecule has 4 nitrogen and oxygen atoms in total. The molecule has 0 aromatic carbocycles. The van der Waals surface area contributed by atoms with Crippen molar-refractivity contribution in [1.82, 2.24) is 10.3 Å². The first-order valence-corrected chi connectivity index (χ1v) is 6.66. The van der Waals surface area contributed by atoms with Gasteiger partial charge in [0, 0.05) is 13.1 Å². The second-order valence-electron chi connectivity index (χ2n) is 4.72. The van der Waals surface area contributed by atoms with Crippen molar-refractivity contribution in [2.75, 3.05) is 31.1 Å². The van der Waals surface area contributed by atoms with Crippen molar-refractivity contribution >= 4 is 5.82 Å². The lowest BCUT2D eigenvalue weighted by atomic mass is 9.97. The Hall–Kier alpha value is -1.60. The Labute approximate surface area is 109 Å². The van der Waals surface area contributed by atoms with E-state index in [1.807, 2.05) is 12.1 Å². The fourth-order valence-electron chi connectivity index (χ4n) is 2.42. The van der Waals surface area contributed by atoms with Gasteiger partial charge in [0.15, 0.2) is 0 Å². The third-order valence-corrected chi connectivity index (χ3v) is 3.49. The molecule has 1 saturated heterocycles. The molecule has 0 radical (unpaired) electrons. The van der Waals surface area contributed by atoms with Gasteiger partial charge in [-0.15, -0.1) is 0 Å². The van der Waals surface area contributed by atoms with E-state index in [0.717, 1.165) is 37.9 Å². The van der Waals surface area contributed by atoms with Crippen molar-refractivity contribution in [3.05, 3.63) is 23.9 Å². The average molecular weight is 244 g/mol. The van der Waals surface area contributed by atoms with Crippen LogP contribution in [-0.4, -0.2) is 31.2 Å². The van der Waals surface area contributed by atoms with Crippen LogP contribution in [0.2, 0.25) is 0 Å². The van der Waals surface area contributed by atoms with E-state index in [-0.39, 0.29) is 0 Å². The van der Waals surface area contributed by atoms with Gasteiger partial charge in [-0.3, -0.25) is 0 Å². The van der Waals surface area contributed by atoms with Crippen molar-refractivity contribution in [3.8, 4) is 6.07 Å². The number of nitriles is 1. The first kappa shape index (κ1) is 12.8. The summed E-state index contributed by atoms with van der Waals surface area (Å²) < 4.78 is 0. The lowest BCUT2D eigenvalue weighted by molar-refractivity contribution is 0.374. The summed E-state index contributed by atoms with van der Waals surface area (Å²) in [6.45, 7) is 6.36. The smallest absolute Gasteiger partial charge is 0.142 e. The molecule has 0 aliphatic carbocycles. The topological polar surface area (TPSA) is 52.0 Å². The monoisotopic (exact) mass is 244 g/mol. The maximum atomic E-state index is 8.90. The van der Waals surface area contributed by atoms with E-state index in [1.165, 1.54) is 12.8 Å². The van der Waals surface area contributed by atoms with E-state index < -0.39 is 0 Å². The highest BCUT2D eigenvalue weighted by Gasteiger charge is 2.17. The Bertz CT molecular complexity index is 418. The number of nitrogens with one attached hydrogen (secondary N) is 1. The Morgan fingerprint density at radius 2 is 2.22 bits per heavy atom. The summed E-state index contributed by atoms with van der Waals surface area (Å²) in [5, 5.41) is 12.3. The van der Waals surface area contributed by atoms with Gasteiger partial charge in [0.05, 0.1) is 0 Å². The average Bonchev–Trinajstić information content (AvgIpc) is 2.46. The van der Waals surface area contributed by atoms with Crippen molar-refractivity contribution in [2.45, 2.75) is 19.8 Å². The molecule has 2 heterocycles. The van der Waals surface area contributed by atoms with Gasteiger partial charge in [0.25, 0.3) is 0 Å². The molecule has 0 unspecified atom stereocenters. The molecule has 0 spiro atoms. The van der Waals surface area contributed by atoms with Crippen LogP contribution in [0.1, 0.15) is 25.5 Å². The molecule has 96 valence electrons. The van der Waals surface area contributed by atoms with E-state index in [1.54, 1.807) is 6.07 Å². The van der Waals surface area contributed by atoms with Crippen molar-refractivity contribution < 1.29 is 0 Å².